The van der Waals surface area contributed by atoms with Crippen LogP contribution in [0.25, 0.3) is 22.2 Å². The molecule has 3 amide bonds. The lowest BCUT2D eigenvalue weighted by atomic mass is 9.82. The molecule has 46 heavy (non-hydrogen) atoms. The maximum atomic E-state index is 13.6. The van der Waals surface area contributed by atoms with Crippen LogP contribution in [0, 0.1) is 25.7 Å². The number of likely N-dealkylation sites (N-methyl/N-ethyl adjacent to an activating group) is 1. The van der Waals surface area contributed by atoms with E-state index in [0.29, 0.717) is 43.9 Å². The maximum Gasteiger partial charge on any atom is 0.318 e. The summed E-state index contributed by atoms with van der Waals surface area (Å²) < 4.78 is 0. The van der Waals surface area contributed by atoms with Gasteiger partial charge in [0.05, 0.1) is 5.41 Å². The summed E-state index contributed by atoms with van der Waals surface area (Å²) in [7, 11) is 0. The number of amides is 3. The fourth-order valence-corrected chi connectivity index (χ4v) is 7.05. The SMILES string of the molecule is CCN(CC)C(=O)C(C)(C)c1ccc2[nH]c(-c3cc(C)cc(C)c3)c(CCN=C(NC(N)=O)N3CCC(C4C=CN=CC4)C3)c2c1. The van der Waals surface area contributed by atoms with Crippen molar-refractivity contribution in [1.29, 1.82) is 0 Å². The molecule has 244 valence electrons. The summed E-state index contributed by atoms with van der Waals surface area (Å²) >= 11 is 0. The van der Waals surface area contributed by atoms with Crippen molar-refractivity contribution in [3.05, 3.63) is 70.9 Å². The number of primary amides is 1. The van der Waals surface area contributed by atoms with Crippen LogP contribution in [0.1, 0.15) is 62.8 Å². The van der Waals surface area contributed by atoms with Crippen molar-refractivity contribution >= 4 is 35.0 Å². The first-order valence-electron chi connectivity index (χ1n) is 16.6. The molecule has 4 N–H and O–H groups in total. The Morgan fingerprint density at radius 1 is 1.13 bits per heavy atom. The predicted octanol–water partition coefficient (Wildman–Crippen LogP) is 6.09. The normalized spacial score (nSPS) is 18.4. The summed E-state index contributed by atoms with van der Waals surface area (Å²) in [5.41, 5.74) is 12.6. The number of urea groups is 1. The molecule has 0 bridgehead atoms. The van der Waals surface area contributed by atoms with Gasteiger partial charge in [-0.3, -0.25) is 20.1 Å². The van der Waals surface area contributed by atoms with E-state index in [1.165, 1.54) is 11.1 Å². The Labute approximate surface area is 273 Å². The Kier molecular flexibility index (Phi) is 9.99. The highest BCUT2D eigenvalue weighted by atomic mass is 16.2. The molecule has 0 aliphatic carbocycles. The standard InChI is InChI=1S/C37H49N7O2/c1-7-43(8-2)34(45)37(5,6)29-9-10-32-31(22-29)30(33(41-32)28-20-24(3)19-25(4)21-28)13-17-40-36(42-35(38)46)44-18-14-27(23-44)26-11-15-39-16-12-26/h9-11,15-16,19-22,26-27,41H,7-8,12-14,17-18,23H2,1-6H3,(H3,38,40,42,46). The molecule has 5 rings (SSSR count). The molecule has 2 aromatic carbocycles. The van der Waals surface area contributed by atoms with Crippen LogP contribution < -0.4 is 11.1 Å². The molecule has 3 heterocycles. The van der Waals surface area contributed by atoms with Crippen molar-refractivity contribution in [2.24, 2.45) is 27.6 Å². The number of likely N-dealkylation sites (tertiary alicyclic amines) is 1. The van der Waals surface area contributed by atoms with Crippen LogP contribution in [0.2, 0.25) is 0 Å². The highest BCUT2D eigenvalue weighted by molar-refractivity contribution is 5.96. The lowest BCUT2D eigenvalue weighted by Crippen LogP contribution is -2.45. The van der Waals surface area contributed by atoms with Gasteiger partial charge in [0.2, 0.25) is 11.9 Å². The van der Waals surface area contributed by atoms with Gasteiger partial charge >= 0.3 is 6.03 Å². The smallest absolute Gasteiger partial charge is 0.318 e. The number of aromatic amines is 1. The van der Waals surface area contributed by atoms with Crippen LogP contribution in [-0.2, 0) is 16.6 Å². The topological polar surface area (TPSA) is 119 Å². The van der Waals surface area contributed by atoms with Gasteiger partial charge in [0.15, 0.2) is 0 Å². The second-order valence-corrected chi connectivity index (χ2v) is 13.2. The minimum Gasteiger partial charge on any atom is -0.354 e. The monoisotopic (exact) mass is 623 g/mol. The number of fused-ring (bicyclic) bond motifs is 1. The lowest BCUT2D eigenvalue weighted by Gasteiger charge is -2.31. The van der Waals surface area contributed by atoms with Crippen LogP contribution in [0.5, 0.6) is 0 Å². The number of hydrogen-bond acceptors (Lipinski definition) is 4. The number of benzene rings is 2. The highest BCUT2D eigenvalue weighted by Crippen LogP contribution is 2.36. The minimum atomic E-state index is -0.683. The molecule has 2 aliphatic heterocycles. The van der Waals surface area contributed by atoms with Crippen molar-refractivity contribution in [1.82, 2.24) is 20.1 Å². The molecule has 0 radical (unpaired) electrons. The van der Waals surface area contributed by atoms with Gasteiger partial charge in [0, 0.05) is 61.7 Å². The first kappa shape index (κ1) is 33.0. The van der Waals surface area contributed by atoms with E-state index in [1.54, 1.807) is 0 Å². The van der Waals surface area contributed by atoms with E-state index in [-0.39, 0.29) is 5.91 Å². The Hall–Kier alpha value is -4.40. The van der Waals surface area contributed by atoms with E-state index >= 15 is 0 Å². The zero-order valence-electron chi connectivity index (χ0n) is 28.2. The van der Waals surface area contributed by atoms with Gasteiger partial charge in [-0.15, -0.1) is 0 Å². The van der Waals surface area contributed by atoms with Gasteiger partial charge in [-0.25, -0.2) is 4.79 Å². The molecule has 9 nitrogen and oxygen atoms in total. The number of guanidine groups is 1. The lowest BCUT2D eigenvalue weighted by molar-refractivity contribution is -0.135. The number of aryl methyl sites for hydroxylation is 2. The van der Waals surface area contributed by atoms with E-state index in [4.69, 9.17) is 10.7 Å². The number of nitrogens with zero attached hydrogens (tertiary/aromatic N) is 4. The molecule has 1 fully saturated rings. The third kappa shape index (κ3) is 7.03. The fraction of sp³-hybridized carbons (Fsp3) is 0.459. The van der Waals surface area contributed by atoms with Gasteiger partial charge in [-0.1, -0.05) is 29.3 Å². The molecule has 1 aromatic heterocycles. The summed E-state index contributed by atoms with van der Waals surface area (Å²) in [6.07, 6.45) is 8.64. The highest BCUT2D eigenvalue weighted by Gasteiger charge is 2.34. The van der Waals surface area contributed by atoms with E-state index in [1.807, 2.05) is 45.0 Å². The Balaban J connectivity index is 1.49. The average molecular weight is 624 g/mol. The third-order valence-electron chi connectivity index (χ3n) is 9.61. The minimum absolute atomic E-state index is 0.121. The molecule has 2 unspecified atom stereocenters. The molecular weight excluding hydrogens is 574 g/mol. The number of carbonyl (C=O) groups is 2. The van der Waals surface area contributed by atoms with Crippen LogP contribution in [-0.4, -0.2) is 71.6 Å². The molecular formula is C37H49N7O2. The zero-order chi connectivity index (χ0) is 33.0. The van der Waals surface area contributed by atoms with Crippen molar-refractivity contribution in [3.8, 4) is 11.3 Å². The molecule has 0 spiro atoms. The molecule has 0 saturated carbocycles. The van der Waals surface area contributed by atoms with Crippen LogP contribution in [0.4, 0.5) is 4.79 Å². The Morgan fingerprint density at radius 2 is 1.87 bits per heavy atom. The Bertz CT molecular complexity index is 1660. The summed E-state index contributed by atoms with van der Waals surface area (Å²) in [4.78, 5) is 42.5. The number of aliphatic imine (C=N–C) groups is 2. The second-order valence-electron chi connectivity index (χ2n) is 13.2. The van der Waals surface area contributed by atoms with Gasteiger partial charge in [0.25, 0.3) is 0 Å². The second kappa shape index (κ2) is 13.9. The van der Waals surface area contributed by atoms with E-state index in [0.717, 1.165) is 59.2 Å². The summed E-state index contributed by atoms with van der Waals surface area (Å²) in [5.74, 6) is 1.56. The largest absolute Gasteiger partial charge is 0.354 e. The van der Waals surface area contributed by atoms with Gasteiger partial charge in [0.1, 0.15) is 0 Å². The van der Waals surface area contributed by atoms with Gasteiger partial charge in [-0.05, 0) is 114 Å². The van der Waals surface area contributed by atoms with Crippen molar-refractivity contribution < 1.29 is 9.59 Å². The molecule has 9 heteroatoms. The van der Waals surface area contributed by atoms with Gasteiger partial charge < -0.3 is 20.5 Å². The Morgan fingerprint density at radius 3 is 2.52 bits per heavy atom. The maximum absolute atomic E-state index is 13.6. The van der Waals surface area contributed by atoms with Gasteiger partial charge in [-0.2, -0.15) is 0 Å². The van der Waals surface area contributed by atoms with Crippen LogP contribution >= 0.6 is 0 Å². The summed E-state index contributed by atoms with van der Waals surface area (Å²) in [6.45, 7) is 15.7. The van der Waals surface area contributed by atoms with Crippen molar-refractivity contribution in [2.75, 3.05) is 32.7 Å². The molecule has 2 aliphatic rings. The van der Waals surface area contributed by atoms with E-state index < -0.39 is 11.4 Å². The predicted molar refractivity (Wildman–Crippen MR) is 188 cm³/mol. The van der Waals surface area contributed by atoms with Crippen molar-refractivity contribution in [3.63, 3.8) is 0 Å². The number of aromatic nitrogens is 1. The van der Waals surface area contributed by atoms with Crippen LogP contribution in [0.15, 0.2) is 58.7 Å². The van der Waals surface area contributed by atoms with Crippen LogP contribution in [0.3, 0.4) is 0 Å². The number of nitrogens with one attached hydrogen (secondary N) is 2. The van der Waals surface area contributed by atoms with Crippen molar-refractivity contribution in [2.45, 2.75) is 66.2 Å². The number of H-pyrrole nitrogens is 1. The molecule has 3 aromatic rings. The zero-order valence-corrected chi connectivity index (χ0v) is 28.2. The third-order valence-corrected chi connectivity index (χ3v) is 9.61. The number of hydrogen-bond donors (Lipinski definition) is 3. The number of allylic oxidation sites excluding steroid dienone is 1. The fourth-order valence-electron chi connectivity index (χ4n) is 7.05. The average Bonchev–Trinajstić information content (AvgIpc) is 3.66. The molecule has 1 saturated heterocycles. The summed E-state index contributed by atoms with van der Waals surface area (Å²) in [5, 5.41) is 3.89. The first-order valence-corrected chi connectivity index (χ1v) is 16.6. The number of rotatable bonds is 9. The number of carbonyl (C=O) groups excluding carboxylic acids is 2. The quantitative estimate of drug-likeness (QED) is 0.198. The van der Waals surface area contributed by atoms with E-state index in [9.17, 15) is 9.59 Å². The number of nitrogens with two attached hydrogens (primary N) is 1. The summed E-state index contributed by atoms with van der Waals surface area (Å²) in [6, 6.07) is 12.3. The molecule has 2 atom stereocenters. The van der Waals surface area contributed by atoms with E-state index in [2.05, 4.69) is 76.5 Å². The first-order chi connectivity index (χ1) is 22.0.